The number of carboxylic acids is 1. The molecule has 0 aromatic heterocycles. The topological polar surface area (TPSA) is 66.4 Å². The molecule has 4 nitrogen and oxygen atoms in total. The van der Waals surface area contributed by atoms with Crippen molar-refractivity contribution < 1.29 is 14.7 Å². The van der Waals surface area contributed by atoms with Gasteiger partial charge in [-0.15, -0.1) is 0 Å². The van der Waals surface area contributed by atoms with Crippen LogP contribution >= 0.6 is 0 Å². The number of anilines is 1. The van der Waals surface area contributed by atoms with Crippen molar-refractivity contribution in [1.29, 1.82) is 0 Å². The summed E-state index contributed by atoms with van der Waals surface area (Å²) >= 11 is 0. The first-order valence-electron chi connectivity index (χ1n) is 8.21. The quantitative estimate of drug-likeness (QED) is 0.851. The maximum absolute atomic E-state index is 12.4. The molecule has 24 heavy (non-hydrogen) atoms. The second-order valence-corrected chi connectivity index (χ2v) is 6.39. The van der Waals surface area contributed by atoms with Crippen LogP contribution in [0.1, 0.15) is 35.4 Å². The largest absolute Gasteiger partial charge is 0.481 e. The molecule has 4 heteroatoms. The zero-order valence-corrected chi connectivity index (χ0v) is 13.7. The van der Waals surface area contributed by atoms with Crippen molar-refractivity contribution in [3.8, 4) is 0 Å². The minimum Gasteiger partial charge on any atom is -0.481 e. The van der Waals surface area contributed by atoms with Crippen molar-refractivity contribution in [1.82, 2.24) is 0 Å². The summed E-state index contributed by atoms with van der Waals surface area (Å²) in [4.78, 5) is 23.1. The first kappa shape index (κ1) is 16.2. The van der Waals surface area contributed by atoms with Crippen LogP contribution < -0.4 is 5.32 Å². The Morgan fingerprint density at radius 1 is 1.17 bits per heavy atom. The van der Waals surface area contributed by atoms with Gasteiger partial charge in [0.05, 0.1) is 0 Å². The third-order valence-corrected chi connectivity index (χ3v) is 4.54. The lowest BCUT2D eigenvalue weighted by atomic mass is 10.0. The maximum atomic E-state index is 12.4. The highest BCUT2D eigenvalue weighted by Crippen LogP contribution is 2.48. The van der Waals surface area contributed by atoms with Crippen LogP contribution in [0.4, 0.5) is 5.69 Å². The second kappa shape index (κ2) is 6.87. The molecule has 0 bridgehead atoms. The first-order valence-corrected chi connectivity index (χ1v) is 8.21. The van der Waals surface area contributed by atoms with Gasteiger partial charge >= 0.3 is 5.97 Å². The smallest absolute Gasteiger partial charge is 0.303 e. The monoisotopic (exact) mass is 323 g/mol. The Labute approximate surface area is 141 Å². The molecule has 2 unspecified atom stereocenters. The van der Waals surface area contributed by atoms with Crippen molar-refractivity contribution in [2.75, 3.05) is 5.32 Å². The average molecular weight is 323 g/mol. The molecule has 1 aliphatic carbocycles. The van der Waals surface area contributed by atoms with Crippen LogP contribution in [-0.4, -0.2) is 17.0 Å². The highest BCUT2D eigenvalue weighted by atomic mass is 16.4. The van der Waals surface area contributed by atoms with Gasteiger partial charge in [0, 0.05) is 18.0 Å². The zero-order valence-electron chi connectivity index (χ0n) is 13.7. The van der Waals surface area contributed by atoms with Gasteiger partial charge < -0.3 is 10.4 Å². The SMILES string of the molecule is Cc1ccccc1C1CC1C(=O)Nc1cccc(CCC(=O)O)c1. The maximum Gasteiger partial charge on any atom is 0.303 e. The second-order valence-electron chi connectivity index (χ2n) is 6.39. The van der Waals surface area contributed by atoms with Crippen LogP contribution in [0.3, 0.4) is 0 Å². The van der Waals surface area contributed by atoms with E-state index in [9.17, 15) is 9.59 Å². The number of aliphatic carboxylic acids is 1. The number of hydrogen-bond donors (Lipinski definition) is 2. The van der Waals surface area contributed by atoms with E-state index in [1.165, 1.54) is 11.1 Å². The predicted octanol–water partition coefficient (Wildman–Crippen LogP) is 3.75. The molecule has 1 aliphatic rings. The summed E-state index contributed by atoms with van der Waals surface area (Å²) < 4.78 is 0. The highest BCUT2D eigenvalue weighted by Gasteiger charge is 2.44. The molecule has 2 atom stereocenters. The van der Waals surface area contributed by atoms with E-state index in [1.54, 1.807) is 0 Å². The van der Waals surface area contributed by atoms with Gasteiger partial charge in [0.25, 0.3) is 0 Å². The van der Waals surface area contributed by atoms with Gasteiger partial charge in [0.1, 0.15) is 0 Å². The van der Waals surface area contributed by atoms with Crippen molar-refractivity contribution in [2.45, 2.75) is 32.1 Å². The molecule has 0 spiro atoms. The minimum atomic E-state index is -0.816. The van der Waals surface area contributed by atoms with Crippen LogP contribution in [0.25, 0.3) is 0 Å². The number of carbonyl (C=O) groups is 2. The Morgan fingerprint density at radius 3 is 2.71 bits per heavy atom. The van der Waals surface area contributed by atoms with Gasteiger partial charge in [0.2, 0.25) is 5.91 Å². The van der Waals surface area contributed by atoms with E-state index < -0.39 is 5.97 Å². The molecule has 2 aromatic rings. The summed E-state index contributed by atoms with van der Waals surface area (Å²) in [5.74, 6) is -0.447. The lowest BCUT2D eigenvalue weighted by molar-refractivity contribution is -0.137. The molecule has 1 saturated carbocycles. The van der Waals surface area contributed by atoms with Crippen molar-refractivity contribution in [2.24, 2.45) is 5.92 Å². The molecule has 2 N–H and O–H groups in total. The molecule has 2 aromatic carbocycles. The molecule has 0 radical (unpaired) electrons. The van der Waals surface area contributed by atoms with Gasteiger partial charge in [-0.1, -0.05) is 36.4 Å². The fraction of sp³-hybridized carbons (Fsp3) is 0.300. The van der Waals surface area contributed by atoms with E-state index in [2.05, 4.69) is 24.4 Å². The van der Waals surface area contributed by atoms with Crippen molar-refractivity contribution >= 4 is 17.6 Å². The Kier molecular flexibility index (Phi) is 4.65. The standard InChI is InChI=1S/C20H21NO3/c1-13-5-2-3-8-16(13)17-12-18(17)20(24)21-15-7-4-6-14(11-15)9-10-19(22)23/h2-8,11,17-18H,9-10,12H2,1H3,(H,21,24)(H,22,23). The third-order valence-electron chi connectivity index (χ3n) is 4.54. The number of carbonyl (C=O) groups excluding carboxylic acids is 1. The van der Waals surface area contributed by atoms with Crippen LogP contribution in [0.5, 0.6) is 0 Å². The fourth-order valence-corrected chi connectivity index (χ4v) is 3.12. The zero-order chi connectivity index (χ0) is 17.1. The highest BCUT2D eigenvalue weighted by molar-refractivity contribution is 5.95. The first-order chi connectivity index (χ1) is 11.5. The van der Waals surface area contributed by atoms with Crippen molar-refractivity contribution in [3.05, 3.63) is 65.2 Å². The average Bonchev–Trinajstić information content (AvgIpc) is 3.34. The fourth-order valence-electron chi connectivity index (χ4n) is 3.12. The summed E-state index contributed by atoms with van der Waals surface area (Å²) in [6, 6.07) is 15.6. The lowest BCUT2D eigenvalue weighted by Gasteiger charge is -2.08. The number of benzene rings is 2. The summed E-state index contributed by atoms with van der Waals surface area (Å²) in [7, 11) is 0. The van der Waals surface area contributed by atoms with Gasteiger partial charge in [-0.05, 0) is 54.5 Å². The summed E-state index contributed by atoms with van der Waals surface area (Å²) in [6.45, 7) is 2.08. The molecule has 0 heterocycles. The van der Waals surface area contributed by atoms with E-state index in [4.69, 9.17) is 5.11 Å². The van der Waals surface area contributed by atoms with E-state index in [-0.39, 0.29) is 18.2 Å². The van der Waals surface area contributed by atoms with Crippen LogP contribution in [0, 0.1) is 12.8 Å². The molecular formula is C20H21NO3. The Hall–Kier alpha value is -2.62. The summed E-state index contributed by atoms with van der Waals surface area (Å²) in [6.07, 6.45) is 1.44. The number of hydrogen-bond acceptors (Lipinski definition) is 2. The van der Waals surface area contributed by atoms with Crippen LogP contribution in [-0.2, 0) is 16.0 Å². The molecule has 124 valence electrons. The number of rotatable bonds is 6. The van der Waals surface area contributed by atoms with E-state index in [1.807, 2.05) is 36.4 Å². The molecule has 3 rings (SSSR count). The molecule has 1 fully saturated rings. The van der Waals surface area contributed by atoms with Crippen LogP contribution in [0.15, 0.2) is 48.5 Å². The Bertz CT molecular complexity index is 769. The van der Waals surface area contributed by atoms with Gasteiger partial charge in [-0.25, -0.2) is 0 Å². The van der Waals surface area contributed by atoms with Gasteiger partial charge in [-0.3, -0.25) is 9.59 Å². The van der Waals surface area contributed by atoms with Gasteiger partial charge in [0.15, 0.2) is 0 Å². The third kappa shape index (κ3) is 3.82. The van der Waals surface area contributed by atoms with E-state index >= 15 is 0 Å². The summed E-state index contributed by atoms with van der Waals surface area (Å²) in [5.41, 5.74) is 4.14. The van der Waals surface area contributed by atoms with E-state index in [0.717, 1.165) is 17.7 Å². The number of amides is 1. The molecule has 0 saturated heterocycles. The van der Waals surface area contributed by atoms with Crippen molar-refractivity contribution in [3.63, 3.8) is 0 Å². The number of aryl methyl sites for hydroxylation is 2. The molecular weight excluding hydrogens is 302 g/mol. The normalized spacial score (nSPS) is 18.9. The molecule has 0 aliphatic heterocycles. The van der Waals surface area contributed by atoms with Crippen LogP contribution in [0.2, 0.25) is 0 Å². The number of nitrogens with one attached hydrogen (secondary N) is 1. The lowest BCUT2D eigenvalue weighted by Crippen LogP contribution is -2.14. The Balaban J connectivity index is 1.61. The minimum absolute atomic E-state index is 0.0220. The Morgan fingerprint density at radius 2 is 1.96 bits per heavy atom. The summed E-state index contributed by atoms with van der Waals surface area (Å²) in [5, 5.41) is 11.7. The van der Waals surface area contributed by atoms with E-state index in [0.29, 0.717) is 12.3 Å². The number of carboxylic acid groups (broad SMARTS) is 1. The van der Waals surface area contributed by atoms with Gasteiger partial charge in [-0.2, -0.15) is 0 Å². The molecule has 1 amide bonds. The predicted molar refractivity (Wildman–Crippen MR) is 93.1 cm³/mol.